The lowest BCUT2D eigenvalue weighted by Crippen LogP contribution is -2.34. The number of nitrogens with zero attached hydrogens (tertiary/aromatic N) is 2. The molecule has 0 fully saturated rings. The summed E-state index contributed by atoms with van der Waals surface area (Å²) >= 11 is 0. The fraction of sp³-hybridized carbons (Fsp3) is 0.333. The van der Waals surface area contributed by atoms with Crippen LogP contribution in [0.2, 0.25) is 0 Å². The lowest BCUT2D eigenvalue weighted by atomic mass is 10.2. The number of amides is 1. The molecule has 0 saturated carbocycles. The van der Waals surface area contributed by atoms with Crippen LogP contribution in [0.15, 0.2) is 52.3 Å². The van der Waals surface area contributed by atoms with Crippen molar-refractivity contribution in [3.8, 4) is 5.75 Å². The van der Waals surface area contributed by atoms with Gasteiger partial charge in [0.25, 0.3) is 5.56 Å². The Balaban J connectivity index is 1.92. The molecule has 27 heavy (non-hydrogen) atoms. The Morgan fingerprint density at radius 3 is 2.63 bits per heavy atom. The number of sulfonamides is 1. The van der Waals surface area contributed by atoms with E-state index < -0.39 is 21.5 Å². The van der Waals surface area contributed by atoms with Crippen molar-refractivity contribution in [3.05, 3.63) is 58.5 Å². The highest BCUT2D eigenvalue weighted by Crippen LogP contribution is 2.12. The molecule has 1 heterocycles. The van der Waals surface area contributed by atoms with Gasteiger partial charge in [-0.25, -0.2) is 12.7 Å². The van der Waals surface area contributed by atoms with Gasteiger partial charge < -0.3 is 14.6 Å². The van der Waals surface area contributed by atoms with Gasteiger partial charge >= 0.3 is 0 Å². The average molecular weight is 393 g/mol. The monoisotopic (exact) mass is 393 g/mol. The summed E-state index contributed by atoms with van der Waals surface area (Å²) in [5.74, 6) is 0.298. The van der Waals surface area contributed by atoms with Crippen LogP contribution in [0, 0.1) is 6.92 Å². The quantitative estimate of drug-likeness (QED) is 0.663. The standard InChI is InChI=1S/C18H23N3O5S/c1-14-5-4-6-15(11-14)26-10-9-19-17(22)13-21-12-16(7-8-18(21)23)27(24,25)20(2)3/h4-8,11-12H,9-10,13H2,1-3H3,(H,19,22). The number of ether oxygens (including phenoxy) is 1. The van der Waals surface area contributed by atoms with Crippen molar-refractivity contribution in [1.82, 2.24) is 14.2 Å². The molecule has 0 spiro atoms. The van der Waals surface area contributed by atoms with Crippen molar-refractivity contribution in [2.75, 3.05) is 27.2 Å². The molecule has 0 aliphatic heterocycles. The van der Waals surface area contributed by atoms with Crippen molar-refractivity contribution < 1.29 is 17.9 Å². The lowest BCUT2D eigenvalue weighted by Gasteiger charge is -2.13. The van der Waals surface area contributed by atoms with Gasteiger partial charge in [0.05, 0.1) is 11.4 Å². The number of nitrogens with one attached hydrogen (secondary N) is 1. The van der Waals surface area contributed by atoms with Crippen LogP contribution in [-0.2, 0) is 21.4 Å². The molecule has 146 valence electrons. The first-order valence-electron chi connectivity index (χ1n) is 8.29. The van der Waals surface area contributed by atoms with Crippen LogP contribution < -0.4 is 15.6 Å². The number of rotatable bonds is 8. The minimum Gasteiger partial charge on any atom is -0.492 e. The summed E-state index contributed by atoms with van der Waals surface area (Å²) in [7, 11) is -0.896. The average Bonchev–Trinajstić information content (AvgIpc) is 2.60. The molecule has 0 radical (unpaired) electrons. The zero-order valence-corrected chi connectivity index (χ0v) is 16.3. The molecule has 1 amide bonds. The Hall–Kier alpha value is -2.65. The Labute approximate surface area is 158 Å². The maximum Gasteiger partial charge on any atom is 0.251 e. The number of hydrogen-bond acceptors (Lipinski definition) is 5. The minimum absolute atomic E-state index is 0.0531. The van der Waals surface area contributed by atoms with Gasteiger partial charge in [0.15, 0.2) is 0 Å². The van der Waals surface area contributed by atoms with Crippen LogP contribution in [0.25, 0.3) is 0 Å². The summed E-state index contributed by atoms with van der Waals surface area (Å²) in [6, 6.07) is 9.90. The van der Waals surface area contributed by atoms with Gasteiger partial charge in [0.2, 0.25) is 15.9 Å². The number of carbonyl (C=O) groups is 1. The highest BCUT2D eigenvalue weighted by atomic mass is 32.2. The topological polar surface area (TPSA) is 97.7 Å². The van der Waals surface area contributed by atoms with E-state index in [0.29, 0.717) is 5.75 Å². The van der Waals surface area contributed by atoms with E-state index in [1.54, 1.807) is 0 Å². The highest BCUT2D eigenvalue weighted by Gasteiger charge is 2.18. The highest BCUT2D eigenvalue weighted by molar-refractivity contribution is 7.89. The van der Waals surface area contributed by atoms with Crippen molar-refractivity contribution >= 4 is 15.9 Å². The minimum atomic E-state index is -3.69. The molecule has 2 aromatic rings. The van der Waals surface area contributed by atoms with Gasteiger partial charge in [-0.05, 0) is 30.7 Å². The molecule has 8 nitrogen and oxygen atoms in total. The Morgan fingerprint density at radius 1 is 1.22 bits per heavy atom. The third-order valence-electron chi connectivity index (χ3n) is 3.73. The maximum absolute atomic E-state index is 12.1. The summed E-state index contributed by atoms with van der Waals surface area (Å²) in [6.07, 6.45) is 1.17. The van der Waals surface area contributed by atoms with E-state index in [0.717, 1.165) is 20.5 Å². The summed E-state index contributed by atoms with van der Waals surface area (Å²) in [5.41, 5.74) is 0.613. The van der Waals surface area contributed by atoms with E-state index in [-0.39, 0.29) is 24.6 Å². The van der Waals surface area contributed by atoms with E-state index in [4.69, 9.17) is 4.74 Å². The van der Waals surface area contributed by atoms with Crippen LogP contribution in [-0.4, -0.2) is 50.4 Å². The second-order valence-electron chi connectivity index (χ2n) is 6.13. The van der Waals surface area contributed by atoms with Crippen LogP contribution >= 0.6 is 0 Å². The molecule has 0 unspecified atom stereocenters. The number of carbonyl (C=O) groups excluding carboxylic acids is 1. The van der Waals surface area contributed by atoms with Gasteiger partial charge in [0, 0.05) is 26.4 Å². The van der Waals surface area contributed by atoms with Gasteiger partial charge in [0.1, 0.15) is 18.9 Å². The Kier molecular flexibility index (Phi) is 6.75. The number of pyridine rings is 1. The molecule has 0 atom stereocenters. The first kappa shape index (κ1) is 20.7. The van der Waals surface area contributed by atoms with Gasteiger partial charge in [-0.1, -0.05) is 12.1 Å². The van der Waals surface area contributed by atoms with Crippen molar-refractivity contribution in [3.63, 3.8) is 0 Å². The predicted molar refractivity (Wildman–Crippen MR) is 101 cm³/mol. The fourth-order valence-electron chi connectivity index (χ4n) is 2.27. The van der Waals surface area contributed by atoms with Crippen LogP contribution in [0.1, 0.15) is 5.56 Å². The van der Waals surface area contributed by atoms with Crippen LogP contribution in [0.5, 0.6) is 5.75 Å². The second-order valence-corrected chi connectivity index (χ2v) is 8.29. The third-order valence-corrected chi connectivity index (χ3v) is 5.53. The second kappa shape index (κ2) is 8.83. The molecular weight excluding hydrogens is 370 g/mol. The summed E-state index contributed by atoms with van der Waals surface area (Å²) in [6.45, 7) is 2.22. The SMILES string of the molecule is Cc1cccc(OCCNC(=O)Cn2cc(S(=O)(=O)N(C)C)ccc2=O)c1. The van der Waals surface area contributed by atoms with E-state index in [1.807, 2.05) is 31.2 Å². The lowest BCUT2D eigenvalue weighted by molar-refractivity contribution is -0.121. The summed E-state index contributed by atoms with van der Waals surface area (Å²) in [4.78, 5) is 23.9. The summed E-state index contributed by atoms with van der Waals surface area (Å²) in [5, 5.41) is 2.64. The maximum atomic E-state index is 12.1. The largest absolute Gasteiger partial charge is 0.492 e. The molecule has 1 N–H and O–H groups in total. The number of aromatic nitrogens is 1. The smallest absolute Gasteiger partial charge is 0.251 e. The number of hydrogen-bond donors (Lipinski definition) is 1. The van der Waals surface area contributed by atoms with E-state index in [2.05, 4.69) is 5.32 Å². The van der Waals surface area contributed by atoms with Gasteiger partial charge in [-0.3, -0.25) is 9.59 Å². The zero-order chi connectivity index (χ0) is 20.0. The first-order chi connectivity index (χ1) is 12.7. The molecule has 0 bridgehead atoms. The van der Waals surface area contributed by atoms with E-state index in [9.17, 15) is 18.0 Å². The Morgan fingerprint density at radius 2 is 1.96 bits per heavy atom. The van der Waals surface area contributed by atoms with E-state index >= 15 is 0 Å². The predicted octanol–water partition coefficient (Wildman–Crippen LogP) is 0.602. The molecule has 2 rings (SSSR count). The van der Waals surface area contributed by atoms with Crippen molar-refractivity contribution in [1.29, 1.82) is 0 Å². The molecule has 9 heteroatoms. The first-order valence-corrected chi connectivity index (χ1v) is 9.73. The molecule has 0 aliphatic rings. The molecule has 0 saturated heterocycles. The zero-order valence-electron chi connectivity index (χ0n) is 15.5. The molecular formula is C18H23N3O5S. The molecule has 1 aromatic heterocycles. The van der Waals surface area contributed by atoms with Gasteiger partial charge in [-0.2, -0.15) is 0 Å². The molecule has 1 aromatic carbocycles. The third kappa shape index (κ3) is 5.66. The normalized spacial score (nSPS) is 11.4. The van der Waals surface area contributed by atoms with Crippen molar-refractivity contribution in [2.24, 2.45) is 0 Å². The van der Waals surface area contributed by atoms with Gasteiger partial charge in [-0.15, -0.1) is 0 Å². The fourth-order valence-corrected chi connectivity index (χ4v) is 3.19. The van der Waals surface area contributed by atoms with E-state index in [1.165, 1.54) is 26.4 Å². The Bertz CT molecular complexity index is 967. The summed E-state index contributed by atoms with van der Waals surface area (Å²) < 4.78 is 31.9. The number of benzene rings is 1. The van der Waals surface area contributed by atoms with Crippen molar-refractivity contribution in [2.45, 2.75) is 18.4 Å². The molecule has 0 aliphatic carbocycles. The number of aryl methyl sites for hydroxylation is 1. The van der Waals surface area contributed by atoms with Crippen LogP contribution in [0.3, 0.4) is 0 Å². The van der Waals surface area contributed by atoms with Crippen LogP contribution in [0.4, 0.5) is 0 Å².